The van der Waals surface area contributed by atoms with Gasteiger partial charge in [0.2, 0.25) is 5.91 Å². The fraction of sp³-hybridized carbons (Fsp3) is 0.333. The van der Waals surface area contributed by atoms with Gasteiger partial charge in [0.25, 0.3) is 0 Å². The Morgan fingerprint density at radius 3 is 2.50 bits per heavy atom. The van der Waals surface area contributed by atoms with Crippen molar-refractivity contribution in [3.8, 4) is 0 Å². The van der Waals surface area contributed by atoms with Crippen molar-refractivity contribution >= 4 is 29.2 Å². The van der Waals surface area contributed by atoms with E-state index in [1.807, 2.05) is 19.1 Å². The van der Waals surface area contributed by atoms with Crippen molar-refractivity contribution in [2.24, 2.45) is 11.8 Å². The molecule has 0 aliphatic heterocycles. The Hall–Kier alpha value is -1.81. The molecule has 106 valence electrons. The van der Waals surface area contributed by atoms with Crippen LogP contribution in [0.25, 0.3) is 0 Å². The molecule has 1 aromatic carbocycles. The summed E-state index contributed by atoms with van der Waals surface area (Å²) in [5, 5.41) is 14.4. The Labute approximate surface area is 122 Å². The van der Waals surface area contributed by atoms with E-state index < -0.39 is 17.8 Å². The Morgan fingerprint density at radius 2 is 1.90 bits per heavy atom. The van der Waals surface area contributed by atoms with Crippen LogP contribution in [0, 0.1) is 18.8 Å². The predicted molar refractivity (Wildman–Crippen MR) is 75.0 cm³/mol. The van der Waals surface area contributed by atoms with Gasteiger partial charge in [0.15, 0.2) is 0 Å². The van der Waals surface area contributed by atoms with Gasteiger partial charge in [-0.15, -0.1) is 0 Å². The molecule has 0 spiro atoms. The lowest BCUT2D eigenvalue weighted by Crippen LogP contribution is -2.42. The van der Waals surface area contributed by atoms with Crippen LogP contribution < -0.4 is 10.4 Å². The molecule has 0 saturated heterocycles. The summed E-state index contributed by atoms with van der Waals surface area (Å²) in [6.45, 7) is 1.95. The third-order valence-electron chi connectivity index (χ3n) is 3.45. The normalized spacial score (nSPS) is 22.0. The molecule has 2 atom stereocenters. The number of halogens is 1. The van der Waals surface area contributed by atoms with Crippen LogP contribution in [0.15, 0.2) is 35.4 Å². The Bertz CT molecular complexity index is 551. The number of rotatable bonds is 3. The molecule has 1 aromatic rings. The van der Waals surface area contributed by atoms with Gasteiger partial charge in [0.1, 0.15) is 0 Å². The van der Waals surface area contributed by atoms with E-state index in [9.17, 15) is 14.7 Å². The predicted octanol–water partition coefficient (Wildman–Crippen LogP) is 1.83. The molecule has 5 heteroatoms. The third kappa shape index (κ3) is 3.39. The molecule has 0 saturated carbocycles. The molecule has 0 unspecified atom stereocenters. The molecule has 4 nitrogen and oxygen atoms in total. The van der Waals surface area contributed by atoms with Crippen molar-refractivity contribution in [1.29, 1.82) is 0 Å². The van der Waals surface area contributed by atoms with Crippen LogP contribution in [-0.2, 0) is 9.59 Å². The van der Waals surface area contributed by atoms with Crippen molar-refractivity contribution in [2.45, 2.75) is 19.8 Å². The Balaban J connectivity index is 2.12. The van der Waals surface area contributed by atoms with Gasteiger partial charge in [0.05, 0.1) is 5.92 Å². The van der Waals surface area contributed by atoms with Crippen molar-refractivity contribution in [3.63, 3.8) is 0 Å². The van der Waals surface area contributed by atoms with Gasteiger partial charge in [-0.25, -0.2) is 0 Å². The quantitative estimate of drug-likeness (QED) is 0.924. The SMILES string of the molecule is Cc1ccc(NC(=O)[C@H]2CC(Cl)=CC[C@@H]2C(=O)[O-])cc1. The molecule has 0 bridgehead atoms. The number of nitrogens with one attached hydrogen (secondary N) is 1. The number of carboxylic acids is 1. The number of allylic oxidation sites excluding steroid dienone is 2. The van der Waals surface area contributed by atoms with Crippen molar-refractivity contribution in [1.82, 2.24) is 0 Å². The third-order valence-corrected chi connectivity index (χ3v) is 3.76. The van der Waals surface area contributed by atoms with Crippen molar-refractivity contribution in [2.75, 3.05) is 5.32 Å². The first-order valence-electron chi connectivity index (χ1n) is 6.40. The van der Waals surface area contributed by atoms with Crippen LogP contribution in [0.3, 0.4) is 0 Å². The topological polar surface area (TPSA) is 69.2 Å². The van der Waals surface area contributed by atoms with Crippen LogP contribution in [-0.4, -0.2) is 11.9 Å². The number of anilines is 1. The summed E-state index contributed by atoms with van der Waals surface area (Å²) in [6.07, 6.45) is 2.10. The maximum absolute atomic E-state index is 12.2. The van der Waals surface area contributed by atoms with E-state index in [1.165, 1.54) is 0 Å². The zero-order chi connectivity index (χ0) is 14.7. The second-order valence-electron chi connectivity index (χ2n) is 4.98. The Kier molecular flexibility index (Phi) is 4.45. The molecule has 2 rings (SSSR count). The minimum absolute atomic E-state index is 0.229. The van der Waals surface area contributed by atoms with E-state index >= 15 is 0 Å². The van der Waals surface area contributed by atoms with Crippen LogP contribution in [0.1, 0.15) is 18.4 Å². The summed E-state index contributed by atoms with van der Waals surface area (Å²) in [5.41, 5.74) is 1.72. The van der Waals surface area contributed by atoms with Gasteiger partial charge in [-0.3, -0.25) is 4.79 Å². The lowest BCUT2D eigenvalue weighted by molar-refractivity contribution is -0.313. The number of benzene rings is 1. The van der Waals surface area contributed by atoms with Crippen molar-refractivity contribution in [3.05, 3.63) is 40.9 Å². The highest BCUT2D eigenvalue weighted by atomic mass is 35.5. The van der Waals surface area contributed by atoms with Gasteiger partial charge in [-0.1, -0.05) is 35.4 Å². The standard InChI is InChI=1S/C15H16ClNO3/c1-9-2-5-11(6-3-9)17-14(18)13-8-10(16)4-7-12(13)15(19)20/h2-6,12-13H,7-8H2,1H3,(H,17,18)(H,19,20)/p-1/t12-,13-/m0/s1. The zero-order valence-electron chi connectivity index (χ0n) is 11.1. The summed E-state index contributed by atoms with van der Waals surface area (Å²) >= 11 is 5.92. The fourth-order valence-electron chi connectivity index (χ4n) is 2.26. The second kappa shape index (κ2) is 6.09. The molecule has 1 N–H and O–H groups in total. The number of carbonyl (C=O) groups excluding carboxylic acids is 2. The van der Waals surface area contributed by atoms with Gasteiger partial charge in [-0.05, 0) is 31.9 Å². The highest BCUT2D eigenvalue weighted by molar-refractivity contribution is 6.29. The van der Waals surface area contributed by atoms with E-state index in [2.05, 4.69) is 5.32 Å². The monoisotopic (exact) mass is 292 g/mol. The number of hydrogen-bond donors (Lipinski definition) is 1. The maximum Gasteiger partial charge on any atom is 0.228 e. The first-order valence-corrected chi connectivity index (χ1v) is 6.78. The number of aliphatic carboxylic acids is 1. The molecular weight excluding hydrogens is 278 g/mol. The van der Waals surface area contributed by atoms with Gasteiger partial charge in [0, 0.05) is 22.6 Å². The molecule has 0 fully saturated rings. The van der Waals surface area contributed by atoms with E-state index in [4.69, 9.17) is 11.6 Å². The highest BCUT2D eigenvalue weighted by Gasteiger charge is 2.32. The number of carboxylic acid groups (broad SMARTS) is 1. The molecule has 0 radical (unpaired) electrons. The number of carbonyl (C=O) groups is 2. The number of aryl methyl sites for hydroxylation is 1. The smallest absolute Gasteiger partial charge is 0.228 e. The molecule has 1 amide bonds. The van der Waals surface area contributed by atoms with E-state index in [0.717, 1.165) is 5.56 Å². The zero-order valence-corrected chi connectivity index (χ0v) is 11.8. The summed E-state index contributed by atoms with van der Waals surface area (Å²) in [6, 6.07) is 7.31. The van der Waals surface area contributed by atoms with Crippen LogP contribution in [0.5, 0.6) is 0 Å². The summed E-state index contributed by atoms with van der Waals surface area (Å²) in [4.78, 5) is 23.3. The summed E-state index contributed by atoms with van der Waals surface area (Å²) in [5.74, 6) is -3.08. The van der Waals surface area contributed by atoms with Crippen LogP contribution in [0.2, 0.25) is 0 Å². The second-order valence-corrected chi connectivity index (χ2v) is 5.46. The molecule has 1 aliphatic carbocycles. The largest absolute Gasteiger partial charge is 0.550 e. The van der Waals surface area contributed by atoms with E-state index in [-0.39, 0.29) is 18.7 Å². The van der Waals surface area contributed by atoms with Crippen molar-refractivity contribution < 1.29 is 14.7 Å². The lowest BCUT2D eigenvalue weighted by atomic mass is 9.82. The minimum atomic E-state index is -1.21. The number of hydrogen-bond acceptors (Lipinski definition) is 3. The highest BCUT2D eigenvalue weighted by Crippen LogP contribution is 2.32. The molecular formula is C15H15ClNO3-. The molecule has 0 heterocycles. The first kappa shape index (κ1) is 14.6. The average molecular weight is 293 g/mol. The summed E-state index contributed by atoms with van der Waals surface area (Å²) in [7, 11) is 0. The van der Waals surface area contributed by atoms with E-state index in [1.54, 1.807) is 18.2 Å². The Morgan fingerprint density at radius 1 is 1.25 bits per heavy atom. The minimum Gasteiger partial charge on any atom is -0.550 e. The van der Waals surface area contributed by atoms with Gasteiger partial charge in [-0.2, -0.15) is 0 Å². The first-order chi connectivity index (χ1) is 9.47. The maximum atomic E-state index is 12.2. The van der Waals surface area contributed by atoms with Crippen LogP contribution >= 0.6 is 11.6 Å². The fourth-order valence-corrected chi connectivity index (χ4v) is 2.52. The van der Waals surface area contributed by atoms with Gasteiger partial charge >= 0.3 is 0 Å². The van der Waals surface area contributed by atoms with Crippen LogP contribution in [0.4, 0.5) is 5.69 Å². The summed E-state index contributed by atoms with van der Waals surface area (Å²) < 4.78 is 0. The lowest BCUT2D eigenvalue weighted by Gasteiger charge is -2.29. The average Bonchev–Trinajstić information content (AvgIpc) is 2.41. The van der Waals surface area contributed by atoms with E-state index in [0.29, 0.717) is 10.7 Å². The molecule has 0 aromatic heterocycles. The molecule has 20 heavy (non-hydrogen) atoms. The number of amides is 1. The molecule has 1 aliphatic rings. The van der Waals surface area contributed by atoms with Gasteiger partial charge < -0.3 is 15.2 Å².